The lowest BCUT2D eigenvalue weighted by Crippen LogP contribution is -2.33. The fourth-order valence-corrected chi connectivity index (χ4v) is 4.14. The molecule has 0 aromatic carbocycles. The number of hydrogen-bond donors (Lipinski definition) is 1. The summed E-state index contributed by atoms with van der Waals surface area (Å²) in [5, 5.41) is 8.26. The van der Waals surface area contributed by atoms with Crippen molar-refractivity contribution in [3.63, 3.8) is 0 Å². The Morgan fingerprint density at radius 3 is 2.38 bits per heavy atom. The Morgan fingerprint density at radius 2 is 1.62 bits per heavy atom. The van der Waals surface area contributed by atoms with E-state index in [0.29, 0.717) is 12.0 Å². The second kappa shape index (κ2) is 7.73. The summed E-state index contributed by atoms with van der Waals surface area (Å²) in [6.07, 6.45) is 13.3. The molecular formula is C22H24N6O. The van der Waals surface area contributed by atoms with Crippen molar-refractivity contribution in [2.75, 3.05) is 5.32 Å². The zero-order valence-corrected chi connectivity index (χ0v) is 16.2. The van der Waals surface area contributed by atoms with Gasteiger partial charge >= 0.3 is 0 Å². The van der Waals surface area contributed by atoms with Crippen molar-refractivity contribution in [1.29, 1.82) is 0 Å². The molecule has 7 heteroatoms. The quantitative estimate of drug-likeness (QED) is 0.719. The molecule has 0 radical (unpaired) electrons. The lowest BCUT2D eigenvalue weighted by Gasteiger charge is -2.30. The lowest BCUT2D eigenvalue weighted by molar-refractivity contribution is 0.304. The van der Waals surface area contributed by atoms with Crippen LogP contribution in [0, 0.1) is 0 Å². The minimum absolute atomic E-state index is 0.0378. The number of hydrogen-bond acceptors (Lipinski definition) is 6. The Morgan fingerprint density at radius 1 is 0.862 bits per heavy atom. The molecule has 5 rings (SSSR count). The standard InChI is InChI=1S/C22H24N6O/c29-20-8-7-19(15-9-11-23-12-10-15)27-28(20)18-5-3-17(4-6-18)26-22-21(16-1-2-16)24-13-14-25-22/h7-14,16-18H,1-6H2,(H,25,26). The Bertz CT molecular complexity index is 1040. The van der Waals surface area contributed by atoms with Gasteiger partial charge in [0.1, 0.15) is 5.82 Å². The fraction of sp³-hybridized carbons (Fsp3) is 0.409. The molecule has 148 valence electrons. The van der Waals surface area contributed by atoms with Crippen LogP contribution in [0.3, 0.4) is 0 Å². The summed E-state index contributed by atoms with van der Waals surface area (Å²) in [4.78, 5) is 25.6. The SMILES string of the molecule is O=c1ccc(-c2ccncc2)nn1C1CCC(Nc2nccnc2C2CC2)CC1. The monoisotopic (exact) mass is 388 g/mol. The molecule has 0 amide bonds. The van der Waals surface area contributed by atoms with E-state index in [2.05, 4.69) is 25.4 Å². The van der Waals surface area contributed by atoms with Crippen molar-refractivity contribution < 1.29 is 0 Å². The molecule has 7 nitrogen and oxygen atoms in total. The first-order valence-electron chi connectivity index (χ1n) is 10.4. The summed E-state index contributed by atoms with van der Waals surface area (Å²) in [5.41, 5.74) is 2.85. The van der Waals surface area contributed by atoms with E-state index in [-0.39, 0.29) is 11.6 Å². The number of pyridine rings is 1. The van der Waals surface area contributed by atoms with Gasteiger partial charge in [0, 0.05) is 48.4 Å². The van der Waals surface area contributed by atoms with Gasteiger partial charge in [-0.05, 0) is 56.7 Å². The van der Waals surface area contributed by atoms with Gasteiger partial charge < -0.3 is 5.32 Å². The summed E-state index contributed by atoms with van der Waals surface area (Å²) >= 11 is 0. The number of anilines is 1. The molecule has 3 heterocycles. The highest BCUT2D eigenvalue weighted by atomic mass is 16.1. The van der Waals surface area contributed by atoms with Gasteiger partial charge in [-0.25, -0.2) is 9.67 Å². The minimum atomic E-state index is -0.0378. The molecule has 2 fully saturated rings. The van der Waals surface area contributed by atoms with Crippen LogP contribution in [0.25, 0.3) is 11.3 Å². The first-order valence-corrected chi connectivity index (χ1v) is 10.4. The van der Waals surface area contributed by atoms with E-state index >= 15 is 0 Å². The molecule has 0 bridgehead atoms. The van der Waals surface area contributed by atoms with Crippen molar-refractivity contribution in [3.8, 4) is 11.3 Å². The highest BCUT2D eigenvalue weighted by Crippen LogP contribution is 2.42. The van der Waals surface area contributed by atoms with Crippen LogP contribution in [0.1, 0.15) is 56.2 Å². The van der Waals surface area contributed by atoms with Crippen LogP contribution in [0.15, 0.2) is 53.8 Å². The third kappa shape index (κ3) is 3.90. The van der Waals surface area contributed by atoms with E-state index in [1.54, 1.807) is 41.6 Å². The van der Waals surface area contributed by atoms with E-state index in [1.807, 2.05) is 12.1 Å². The predicted octanol–water partition coefficient (Wildman–Crippen LogP) is 3.57. The molecule has 2 aliphatic rings. The van der Waals surface area contributed by atoms with Crippen LogP contribution in [-0.2, 0) is 0 Å². The van der Waals surface area contributed by atoms with Gasteiger partial charge in [-0.15, -0.1) is 0 Å². The maximum atomic E-state index is 12.5. The molecule has 0 atom stereocenters. The smallest absolute Gasteiger partial charge is 0.267 e. The maximum absolute atomic E-state index is 12.5. The van der Waals surface area contributed by atoms with Crippen LogP contribution in [0.4, 0.5) is 5.82 Å². The molecule has 2 saturated carbocycles. The fourth-order valence-electron chi connectivity index (χ4n) is 4.14. The van der Waals surface area contributed by atoms with Gasteiger partial charge in [0.2, 0.25) is 0 Å². The largest absolute Gasteiger partial charge is 0.366 e. The third-order valence-electron chi connectivity index (χ3n) is 5.88. The molecule has 1 N–H and O–H groups in total. The minimum Gasteiger partial charge on any atom is -0.366 e. The summed E-state index contributed by atoms with van der Waals surface area (Å²) in [5.74, 6) is 1.51. The van der Waals surface area contributed by atoms with Gasteiger partial charge in [-0.1, -0.05) is 0 Å². The topological polar surface area (TPSA) is 85.6 Å². The van der Waals surface area contributed by atoms with E-state index in [1.165, 1.54) is 12.8 Å². The van der Waals surface area contributed by atoms with E-state index < -0.39 is 0 Å². The average Bonchev–Trinajstić information content (AvgIpc) is 3.61. The predicted molar refractivity (Wildman–Crippen MR) is 111 cm³/mol. The zero-order chi connectivity index (χ0) is 19.6. The van der Waals surface area contributed by atoms with Crippen LogP contribution in [-0.4, -0.2) is 30.8 Å². The van der Waals surface area contributed by atoms with E-state index in [4.69, 9.17) is 0 Å². The summed E-state index contributed by atoms with van der Waals surface area (Å²) in [7, 11) is 0. The molecule has 3 aromatic rings. The molecule has 0 unspecified atom stereocenters. The van der Waals surface area contributed by atoms with Gasteiger partial charge in [-0.2, -0.15) is 5.10 Å². The second-order valence-electron chi connectivity index (χ2n) is 7.95. The highest BCUT2D eigenvalue weighted by Gasteiger charge is 2.30. The molecule has 0 spiro atoms. The van der Waals surface area contributed by atoms with Crippen LogP contribution in [0.5, 0.6) is 0 Å². The molecule has 3 aromatic heterocycles. The second-order valence-corrected chi connectivity index (χ2v) is 7.95. The van der Waals surface area contributed by atoms with Crippen LogP contribution in [0.2, 0.25) is 0 Å². The maximum Gasteiger partial charge on any atom is 0.267 e. The highest BCUT2D eigenvalue weighted by molar-refractivity contribution is 5.57. The van der Waals surface area contributed by atoms with Crippen LogP contribution >= 0.6 is 0 Å². The molecule has 0 saturated heterocycles. The molecule has 29 heavy (non-hydrogen) atoms. The van der Waals surface area contributed by atoms with Crippen molar-refractivity contribution in [1.82, 2.24) is 24.7 Å². The average molecular weight is 388 g/mol. The Kier molecular flexibility index (Phi) is 4.79. The normalized spacial score (nSPS) is 21.7. The number of aromatic nitrogens is 5. The lowest BCUT2D eigenvalue weighted by atomic mass is 9.91. The first-order chi connectivity index (χ1) is 14.3. The van der Waals surface area contributed by atoms with Crippen molar-refractivity contribution in [3.05, 3.63) is 65.1 Å². The Hall–Kier alpha value is -3.09. The molecule has 0 aliphatic heterocycles. The van der Waals surface area contributed by atoms with Gasteiger partial charge in [-0.3, -0.25) is 14.8 Å². The van der Waals surface area contributed by atoms with E-state index in [0.717, 1.165) is 48.5 Å². The zero-order valence-electron chi connectivity index (χ0n) is 16.2. The van der Waals surface area contributed by atoms with Crippen molar-refractivity contribution in [2.24, 2.45) is 0 Å². The number of nitrogens with zero attached hydrogens (tertiary/aromatic N) is 5. The molecule has 2 aliphatic carbocycles. The van der Waals surface area contributed by atoms with Crippen LogP contribution < -0.4 is 10.9 Å². The third-order valence-corrected chi connectivity index (χ3v) is 5.88. The van der Waals surface area contributed by atoms with Gasteiger partial charge in [0.15, 0.2) is 0 Å². The number of rotatable bonds is 5. The summed E-state index contributed by atoms with van der Waals surface area (Å²) in [6, 6.07) is 7.72. The summed E-state index contributed by atoms with van der Waals surface area (Å²) in [6.45, 7) is 0. The van der Waals surface area contributed by atoms with E-state index in [9.17, 15) is 4.79 Å². The Balaban J connectivity index is 1.28. The summed E-state index contributed by atoms with van der Waals surface area (Å²) < 4.78 is 1.67. The van der Waals surface area contributed by atoms with Gasteiger partial charge in [0.05, 0.1) is 17.4 Å². The van der Waals surface area contributed by atoms with Gasteiger partial charge in [0.25, 0.3) is 5.56 Å². The van der Waals surface area contributed by atoms with Crippen molar-refractivity contribution in [2.45, 2.75) is 56.5 Å². The number of nitrogens with one attached hydrogen (secondary N) is 1. The van der Waals surface area contributed by atoms with Crippen molar-refractivity contribution >= 4 is 5.82 Å². The molecular weight excluding hydrogens is 364 g/mol. The Labute approximate surface area is 169 Å². The first kappa shape index (κ1) is 18.0.